The third-order valence-corrected chi connectivity index (χ3v) is 1.40. The van der Waals surface area contributed by atoms with Crippen LogP contribution in [-0.4, -0.2) is 0 Å². The lowest BCUT2D eigenvalue weighted by Crippen LogP contribution is -1.75. The summed E-state index contributed by atoms with van der Waals surface area (Å²) < 4.78 is 0. The van der Waals surface area contributed by atoms with E-state index in [9.17, 15) is 0 Å². The second kappa shape index (κ2) is 3.48. The summed E-state index contributed by atoms with van der Waals surface area (Å²) in [7, 11) is 0. The van der Waals surface area contributed by atoms with Crippen molar-refractivity contribution in [2.24, 2.45) is 0 Å². The number of hydrogen-bond donors (Lipinski definition) is 0. The average Bonchev–Trinajstić information content (AvgIpc) is 1.84. The van der Waals surface area contributed by atoms with Gasteiger partial charge in [-0.1, -0.05) is 11.6 Å². The van der Waals surface area contributed by atoms with Gasteiger partial charge < -0.3 is 0 Å². The van der Waals surface area contributed by atoms with Crippen LogP contribution in [-0.2, 0) is 0 Å². The first-order valence-electron chi connectivity index (χ1n) is 2.87. The maximum absolute atomic E-state index is 3.06. The molecule has 0 aromatic rings. The summed E-state index contributed by atoms with van der Waals surface area (Å²) in [5.74, 6) is 0. The molecule has 1 radical (unpaired) electrons. The fourth-order valence-electron chi connectivity index (χ4n) is 0.414. The van der Waals surface area contributed by atoms with Crippen LogP contribution in [0.1, 0.15) is 27.7 Å². The minimum Gasteiger partial charge on any atom is -0.0844 e. The molecule has 0 saturated carbocycles. The molecule has 0 rings (SSSR count). The van der Waals surface area contributed by atoms with E-state index in [4.69, 9.17) is 0 Å². The highest BCUT2D eigenvalue weighted by Gasteiger charge is 1.85. The molecule has 0 atom stereocenters. The first kappa shape index (κ1) is 7.48. The van der Waals surface area contributed by atoms with Crippen molar-refractivity contribution in [2.45, 2.75) is 27.7 Å². The second-order valence-corrected chi connectivity index (χ2v) is 1.85. The summed E-state index contributed by atoms with van der Waals surface area (Å²) in [5, 5.41) is 0. The fourth-order valence-corrected chi connectivity index (χ4v) is 0.414. The van der Waals surface area contributed by atoms with Gasteiger partial charge in [0.2, 0.25) is 0 Å². The molecule has 0 fully saturated rings. The van der Waals surface area contributed by atoms with Crippen LogP contribution in [0.2, 0.25) is 0 Å². The molecule has 0 saturated heterocycles. The quantitative estimate of drug-likeness (QED) is 0.454. The smallest absolute Gasteiger partial charge is 0.0392 e. The van der Waals surface area contributed by atoms with Crippen molar-refractivity contribution in [2.75, 3.05) is 0 Å². The van der Waals surface area contributed by atoms with Crippen LogP contribution in [0.25, 0.3) is 0 Å². The predicted octanol–water partition coefficient (Wildman–Crippen LogP) is 2.72. The zero-order chi connectivity index (χ0) is 6.57. The fraction of sp³-hybridized carbons (Fsp3) is 0.500. The van der Waals surface area contributed by atoms with E-state index >= 15 is 0 Å². The van der Waals surface area contributed by atoms with Gasteiger partial charge in [0.15, 0.2) is 0 Å². The second-order valence-electron chi connectivity index (χ2n) is 1.85. The van der Waals surface area contributed by atoms with Gasteiger partial charge in [0.1, 0.15) is 0 Å². The van der Waals surface area contributed by atoms with E-state index in [1.807, 2.05) is 13.8 Å². The molecular weight excluding hydrogens is 96.1 g/mol. The predicted molar refractivity (Wildman–Crippen MR) is 37.5 cm³/mol. The molecule has 0 nitrogen and oxygen atoms in total. The lowest BCUT2D eigenvalue weighted by Gasteiger charge is -1.94. The first-order chi connectivity index (χ1) is 3.72. The van der Waals surface area contributed by atoms with Gasteiger partial charge >= 0.3 is 0 Å². The topological polar surface area (TPSA) is 0 Å². The molecule has 0 heteroatoms. The monoisotopic (exact) mass is 109 g/mol. The Kier molecular flexibility index (Phi) is 3.25. The van der Waals surface area contributed by atoms with Gasteiger partial charge in [0.25, 0.3) is 0 Å². The largest absolute Gasteiger partial charge is 0.0844 e. The molecule has 8 heavy (non-hydrogen) atoms. The molecule has 0 aromatic heterocycles. The van der Waals surface area contributed by atoms with Crippen LogP contribution in [0.15, 0.2) is 17.2 Å². The zero-order valence-electron chi connectivity index (χ0n) is 6.08. The van der Waals surface area contributed by atoms with Gasteiger partial charge in [-0.3, -0.25) is 0 Å². The highest BCUT2D eigenvalue weighted by atomic mass is 13.9. The Morgan fingerprint density at radius 1 is 1.38 bits per heavy atom. The molecule has 0 N–H and O–H groups in total. The van der Waals surface area contributed by atoms with Crippen molar-refractivity contribution in [1.29, 1.82) is 0 Å². The highest BCUT2D eigenvalue weighted by Crippen LogP contribution is 2.04. The normalized spacial score (nSPS) is 14.5. The molecule has 0 bridgehead atoms. The molecule has 0 heterocycles. The Morgan fingerprint density at radius 3 is 2.00 bits per heavy atom. The van der Waals surface area contributed by atoms with E-state index in [-0.39, 0.29) is 0 Å². The summed E-state index contributed by atoms with van der Waals surface area (Å²) in [6.45, 7) is 8.12. The summed E-state index contributed by atoms with van der Waals surface area (Å²) in [5.41, 5.74) is 2.56. The summed E-state index contributed by atoms with van der Waals surface area (Å²) in [6.07, 6.45) is 5.15. The van der Waals surface area contributed by atoms with Crippen LogP contribution in [0.4, 0.5) is 0 Å². The van der Waals surface area contributed by atoms with E-state index < -0.39 is 0 Å². The molecule has 0 spiro atoms. The minimum atomic E-state index is 1.24. The van der Waals surface area contributed by atoms with Crippen molar-refractivity contribution < 1.29 is 0 Å². The van der Waals surface area contributed by atoms with Crippen LogP contribution in [0.5, 0.6) is 0 Å². The van der Waals surface area contributed by atoms with Gasteiger partial charge in [0, 0.05) is 0 Å². The summed E-state index contributed by atoms with van der Waals surface area (Å²) in [6, 6.07) is 0. The SMILES string of the molecule is C/[C]=C(\C)C(C)=CC. The van der Waals surface area contributed by atoms with Crippen molar-refractivity contribution in [3.63, 3.8) is 0 Å². The molecular formula is C8H13. The standard InChI is InChI=1S/C8H13/c1-5-7(3)8(4)6-2/h5H,1-4H3. The molecule has 0 aliphatic heterocycles. The average molecular weight is 109 g/mol. The van der Waals surface area contributed by atoms with Crippen molar-refractivity contribution in [3.8, 4) is 0 Å². The maximum Gasteiger partial charge on any atom is -0.0392 e. The Bertz CT molecular complexity index is 100. The number of allylic oxidation sites excluding steroid dienone is 4. The third-order valence-electron chi connectivity index (χ3n) is 1.40. The van der Waals surface area contributed by atoms with E-state index in [0.717, 1.165) is 0 Å². The van der Waals surface area contributed by atoms with Gasteiger partial charge in [-0.05, 0) is 39.3 Å². The number of hydrogen-bond acceptors (Lipinski definition) is 0. The highest BCUT2D eigenvalue weighted by molar-refractivity contribution is 5.23. The molecule has 0 unspecified atom stereocenters. The lowest BCUT2D eigenvalue weighted by molar-refractivity contribution is 1.29. The zero-order valence-corrected chi connectivity index (χ0v) is 6.08. The van der Waals surface area contributed by atoms with Gasteiger partial charge in [0.05, 0.1) is 0 Å². The van der Waals surface area contributed by atoms with E-state index in [1.54, 1.807) is 0 Å². The van der Waals surface area contributed by atoms with Crippen molar-refractivity contribution in [3.05, 3.63) is 23.3 Å². The maximum atomic E-state index is 3.06. The van der Waals surface area contributed by atoms with Crippen LogP contribution in [0, 0.1) is 6.08 Å². The molecule has 0 aromatic carbocycles. The van der Waals surface area contributed by atoms with Crippen LogP contribution >= 0.6 is 0 Å². The van der Waals surface area contributed by atoms with Gasteiger partial charge in [-0.25, -0.2) is 0 Å². The van der Waals surface area contributed by atoms with Crippen LogP contribution in [0.3, 0.4) is 0 Å². The van der Waals surface area contributed by atoms with E-state index in [1.165, 1.54) is 11.1 Å². The van der Waals surface area contributed by atoms with Gasteiger partial charge in [-0.2, -0.15) is 0 Å². The van der Waals surface area contributed by atoms with Crippen molar-refractivity contribution >= 4 is 0 Å². The van der Waals surface area contributed by atoms with E-state index in [2.05, 4.69) is 26.0 Å². The van der Waals surface area contributed by atoms with Crippen molar-refractivity contribution in [1.82, 2.24) is 0 Å². The molecule has 45 valence electrons. The third kappa shape index (κ3) is 1.97. The summed E-state index contributed by atoms with van der Waals surface area (Å²) >= 11 is 0. The Labute approximate surface area is 51.9 Å². The lowest BCUT2D eigenvalue weighted by atomic mass is 10.1. The molecule has 0 aliphatic rings. The minimum absolute atomic E-state index is 1.24. The Morgan fingerprint density at radius 2 is 1.88 bits per heavy atom. The van der Waals surface area contributed by atoms with Gasteiger partial charge in [-0.15, -0.1) is 0 Å². The van der Waals surface area contributed by atoms with Crippen LogP contribution < -0.4 is 0 Å². The first-order valence-corrected chi connectivity index (χ1v) is 2.87. The number of rotatable bonds is 1. The Hall–Kier alpha value is -0.520. The summed E-state index contributed by atoms with van der Waals surface area (Å²) in [4.78, 5) is 0. The molecule has 0 amide bonds. The Balaban J connectivity index is 4.04. The molecule has 0 aliphatic carbocycles. The van der Waals surface area contributed by atoms with E-state index in [0.29, 0.717) is 0 Å².